The van der Waals surface area contributed by atoms with E-state index in [-0.39, 0.29) is 30.7 Å². The quantitative estimate of drug-likeness (QED) is 0.641. The third kappa shape index (κ3) is 3.97. The van der Waals surface area contributed by atoms with E-state index in [0.29, 0.717) is 17.3 Å². The van der Waals surface area contributed by atoms with Crippen LogP contribution in [0, 0.1) is 12.7 Å². The number of carbonyl (C=O) groups is 1. The summed E-state index contributed by atoms with van der Waals surface area (Å²) in [5.41, 5.74) is 0. The zero-order valence-corrected chi connectivity index (χ0v) is 12.7. The molecule has 0 aliphatic heterocycles. The molecular formula is C16H13FN2O5. The van der Waals surface area contributed by atoms with Crippen molar-refractivity contribution in [1.82, 2.24) is 10.1 Å². The van der Waals surface area contributed by atoms with Crippen LogP contribution in [0.25, 0.3) is 0 Å². The smallest absolute Gasteiger partial charge is 0.374 e. The molecular weight excluding hydrogens is 319 g/mol. The molecule has 0 amide bonds. The van der Waals surface area contributed by atoms with Gasteiger partial charge in [0, 0.05) is 0 Å². The molecule has 2 aromatic heterocycles. The zero-order valence-electron chi connectivity index (χ0n) is 12.7. The third-order valence-electron chi connectivity index (χ3n) is 2.95. The van der Waals surface area contributed by atoms with Gasteiger partial charge in [-0.1, -0.05) is 5.16 Å². The maximum atomic E-state index is 12.8. The van der Waals surface area contributed by atoms with Gasteiger partial charge in [-0.15, -0.1) is 0 Å². The normalized spacial score (nSPS) is 10.6. The summed E-state index contributed by atoms with van der Waals surface area (Å²) < 4.78 is 33.4. The summed E-state index contributed by atoms with van der Waals surface area (Å²) in [6.45, 7) is 1.62. The first-order valence-corrected chi connectivity index (χ1v) is 7.03. The molecule has 0 saturated carbocycles. The van der Waals surface area contributed by atoms with Crippen molar-refractivity contribution in [2.75, 3.05) is 0 Å². The maximum Gasteiger partial charge on any atom is 0.374 e. The van der Waals surface area contributed by atoms with Crippen molar-refractivity contribution in [1.29, 1.82) is 0 Å². The van der Waals surface area contributed by atoms with Gasteiger partial charge in [0.15, 0.2) is 12.4 Å². The van der Waals surface area contributed by atoms with Gasteiger partial charge in [0.05, 0.1) is 0 Å². The molecule has 0 aliphatic carbocycles. The fourth-order valence-corrected chi connectivity index (χ4v) is 1.85. The number of rotatable bonds is 6. The third-order valence-corrected chi connectivity index (χ3v) is 2.95. The molecule has 0 spiro atoms. The van der Waals surface area contributed by atoms with E-state index in [2.05, 4.69) is 10.1 Å². The van der Waals surface area contributed by atoms with Crippen LogP contribution in [0.3, 0.4) is 0 Å². The minimum atomic E-state index is -0.654. The molecule has 3 aromatic rings. The van der Waals surface area contributed by atoms with Crippen molar-refractivity contribution >= 4 is 5.97 Å². The van der Waals surface area contributed by atoms with E-state index >= 15 is 0 Å². The van der Waals surface area contributed by atoms with Gasteiger partial charge >= 0.3 is 5.97 Å². The molecule has 0 atom stereocenters. The molecule has 8 heteroatoms. The molecule has 0 bridgehead atoms. The first-order valence-electron chi connectivity index (χ1n) is 7.03. The average Bonchev–Trinajstić information content (AvgIpc) is 3.21. The summed E-state index contributed by atoms with van der Waals surface area (Å²) in [5.74, 6) is 0.611. The summed E-state index contributed by atoms with van der Waals surface area (Å²) in [6.07, 6.45) is 0. The number of aryl methyl sites for hydroxylation is 1. The van der Waals surface area contributed by atoms with Crippen molar-refractivity contribution in [2.24, 2.45) is 0 Å². The number of esters is 1. The molecule has 124 valence electrons. The van der Waals surface area contributed by atoms with Gasteiger partial charge in [-0.05, 0) is 43.3 Å². The highest BCUT2D eigenvalue weighted by atomic mass is 19.1. The molecule has 0 saturated heterocycles. The Morgan fingerprint density at radius 2 is 1.96 bits per heavy atom. The zero-order chi connectivity index (χ0) is 16.9. The molecule has 0 radical (unpaired) electrons. The Kier molecular flexibility index (Phi) is 4.55. The molecule has 0 aliphatic rings. The highest BCUT2D eigenvalue weighted by molar-refractivity contribution is 5.86. The second kappa shape index (κ2) is 6.95. The standard InChI is InChI=1S/C16H13FN2O5/c1-10-18-15(24-19-10)9-22-16(20)14-7-6-13(23-14)8-21-12-4-2-11(17)3-5-12/h2-7H,8-9H2,1H3. The van der Waals surface area contributed by atoms with Crippen molar-refractivity contribution in [2.45, 2.75) is 20.1 Å². The highest BCUT2D eigenvalue weighted by Crippen LogP contribution is 2.16. The Bertz CT molecular complexity index is 825. The van der Waals surface area contributed by atoms with Crippen molar-refractivity contribution in [3.05, 3.63) is 65.5 Å². The lowest BCUT2D eigenvalue weighted by Crippen LogP contribution is -2.04. The minimum Gasteiger partial charge on any atom is -0.486 e. The number of nitrogens with zero attached hydrogens (tertiary/aromatic N) is 2. The summed E-state index contributed by atoms with van der Waals surface area (Å²) in [5, 5.41) is 3.59. The first-order chi connectivity index (χ1) is 11.6. The van der Waals surface area contributed by atoms with E-state index in [1.807, 2.05) is 0 Å². The highest BCUT2D eigenvalue weighted by Gasteiger charge is 2.15. The van der Waals surface area contributed by atoms with Crippen molar-refractivity contribution in [3.63, 3.8) is 0 Å². The molecule has 2 heterocycles. The Labute approximate surface area is 136 Å². The number of benzene rings is 1. The monoisotopic (exact) mass is 332 g/mol. The molecule has 0 fully saturated rings. The second-order valence-electron chi connectivity index (χ2n) is 4.82. The SMILES string of the molecule is Cc1noc(COC(=O)c2ccc(COc3ccc(F)cc3)o2)n1. The van der Waals surface area contributed by atoms with Gasteiger partial charge in [-0.3, -0.25) is 0 Å². The van der Waals surface area contributed by atoms with Crippen LogP contribution in [-0.2, 0) is 18.0 Å². The molecule has 0 N–H and O–H groups in total. The number of hydrogen-bond acceptors (Lipinski definition) is 7. The lowest BCUT2D eigenvalue weighted by Gasteiger charge is -2.03. The minimum absolute atomic E-state index is 0.0314. The number of halogens is 1. The van der Waals surface area contributed by atoms with E-state index in [1.165, 1.54) is 30.3 Å². The van der Waals surface area contributed by atoms with Crippen LogP contribution >= 0.6 is 0 Å². The van der Waals surface area contributed by atoms with E-state index in [4.69, 9.17) is 18.4 Å². The van der Waals surface area contributed by atoms with Gasteiger partial charge in [0.2, 0.25) is 5.76 Å². The number of aromatic nitrogens is 2. The maximum absolute atomic E-state index is 12.8. The predicted molar refractivity (Wildman–Crippen MR) is 77.6 cm³/mol. The van der Waals surface area contributed by atoms with E-state index in [1.54, 1.807) is 13.0 Å². The summed E-state index contributed by atoms with van der Waals surface area (Å²) >= 11 is 0. The fourth-order valence-electron chi connectivity index (χ4n) is 1.85. The van der Waals surface area contributed by atoms with Crippen LogP contribution in [0.4, 0.5) is 4.39 Å². The molecule has 3 rings (SSSR count). The van der Waals surface area contributed by atoms with Crippen LogP contribution in [-0.4, -0.2) is 16.1 Å². The predicted octanol–water partition coefficient (Wildman–Crippen LogP) is 3.05. The number of ether oxygens (including phenoxy) is 2. The Balaban J connectivity index is 1.52. The molecule has 7 nitrogen and oxygen atoms in total. The van der Waals surface area contributed by atoms with Crippen molar-refractivity contribution < 1.29 is 27.6 Å². The van der Waals surface area contributed by atoms with Crippen LogP contribution in [0.2, 0.25) is 0 Å². The van der Waals surface area contributed by atoms with E-state index in [0.717, 1.165) is 0 Å². The fraction of sp³-hybridized carbons (Fsp3) is 0.188. The van der Waals surface area contributed by atoms with E-state index in [9.17, 15) is 9.18 Å². The van der Waals surface area contributed by atoms with Crippen molar-refractivity contribution in [3.8, 4) is 5.75 Å². The lowest BCUT2D eigenvalue weighted by molar-refractivity contribution is 0.0390. The van der Waals surface area contributed by atoms with Gasteiger partial charge in [0.25, 0.3) is 5.89 Å². The lowest BCUT2D eigenvalue weighted by atomic mass is 10.3. The molecule has 1 aromatic carbocycles. The molecule has 24 heavy (non-hydrogen) atoms. The number of furan rings is 1. The van der Waals surface area contributed by atoms with E-state index < -0.39 is 5.97 Å². The first kappa shape index (κ1) is 15.7. The van der Waals surface area contributed by atoms with Gasteiger partial charge in [-0.25, -0.2) is 9.18 Å². The van der Waals surface area contributed by atoms with Gasteiger partial charge in [0.1, 0.15) is 23.9 Å². The average molecular weight is 332 g/mol. The van der Waals surface area contributed by atoms with Gasteiger partial charge in [-0.2, -0.15) is 4.98 Å². The van der Waals surface area contributed by atoms with Crippen LogP contribution < -0.4 is 4.74 Å². The Hall–Kier alpha value is -3.16. The number of hydrogen-bond donors (Lipinski definition) is 0. The summed E-state index contributed by atoms with van der Waals surface area (Å²) in [7, 11) is 0. The topological polar surface area (TPSA) is 87.6 Å². The summed E-state index contributed by atoms with van der Waals surface area (Å²) in [4.78, 5) is 15.8. The van der Waals surface area contributed by atoms with Crippen LogP contribution in [0.1, 0.15) is 28.0 Å². The summed E-state index contributed by atoms with van der Waals surface area (Å²) in [6, 6.07) is 8.65. The number of carbonyl (C=O) groups excluding carboxylic acids is 1. The Morgan fingerprint density at radius 3 is 2.67 bits per heavy atom. The van der Waals surface area contributed by atoms with Gasteiger partial charge < -0.3 is 18.4 Å². The van der Waals surface area contributed by atoms with Crippen LogP contribution in [0.15, 0.2) is 45.3 Å². The molecule has 0 unspecified atom stereocenters. The largest absolute Gasteiger partial charge is 0.486 e. The second-order valence-corrected chi connectivity index (χ2v) is 4.82. The van der Waals surface area contributed by atoms with Crippen LogP contribution in [0.5, 0.6) is 5.75 Å². The Morgan fingerprint density at radius 1 is 1.17 bits per heavy atom.